The van der Waals surface area contributed by atoms with Crippen molar-refractivity contribution in [2.45, 2.75) is 334 Å². The van der Waals surface area contributed by atoms with Gasteiger partial charge in [0.25, 0.3) is 0 Å². The zero-order valence-electron chi connectivity index (χ0n) is 44.9. The van der Waals surface area contributed by atoms with Crippen LogP contribution in [0.25, 0.3) is 0 Å². The van der Waals surface area contributed by atoms with E-state index < -0.39 is 20.0 Å². The summed E-state index contributed by atoms with van der Waals surface area (Å²) in [7, 11) is -4.34. The van der Waals surface area contributed by atoms with Crippen molar-refractivity contribution < 1.29 is 28.4 Å². The molecule has 0 heterocycles. The molecule has 0 aromatic rings. The van der Waals surface area contributed by atoms with E-state index in [0.29, 0.717) is 6.42 Å². The predicted molar refractivity (Wildman–Crippen MR) is 291 cm³/mol. The molecule has 5 N–H and O–H groups in total. The third kappa shape index (κ3) is 52.9. The van der Waals surface area contributed by atoms with E-state index in [4.69, 9.17) is 14.8 Å². The van der Waals surface area contributed by atoms with Crippen molar-refractivity contribution in [3.05, 3.63) is 12.2 Å². The molecule has 0 saturated carbocycles. The van der Waals surface area contributed by atoms with Gasteiger partial charge < -0.3 is 21.1 Å². The van der Waals surface area contributed by atoms with Crippen LogP contribution in [0.1, 0.15) is 322 Å². The highest BCUT2D eigenvalue weighted by atomic mass is 31.2. The smallest absolute Gasteiger partial charge is 0.387 e. The molecule has 9 heteroatoms. The summed E-state index contributed by atoms with van der Waals surface area (Å²) in [5.41, 5.74) is 5.40. The maximum atomic E-state index is 12.9. The third-order valence-electron chi connectivity index (χ3n) is 13.9. The fourth-order valence-corrected chi connectivity index (χ4v) is 10.1. The Bertz CT molecular complexity index is 1060. The van der Waals surface area contributed by atoms with E-state index >= 15 is 0 Å². The van der Waals surface area contributed by atoms with Gasteiger partial charge in [-0.3, -0.25) is 13.8 Å². The fourth-order valence-electron chi connectivity index (χ4n) is 9.37. The molecule has 0 aromatic carbocycles. The van der Waals surface area contributed by atoms with Gasteiger partial charge in [-0.1, -0.05) is 309 Å². The highest BCUT2D eigenvalue weighted by Gasteiger charge is 2.27. The van der Waals surface area contributed by atoms with Gasteiger partial charge in [-0.15, -0.1) is 0 Å². The van der Waals surface area contributed by atoms with Gasteiger partial charge in [-0.05, 0) is 19.3 Å². The van der Waals surface area contributed by atoms with Gasteiger partial charge >= 0.3 is 7.82 Å². The number of hydrogen-bond donors (Lipinski definition) is 4. The zero-order chi connectivity index (χ0) is 48.8. The number of rotatable bonds is 57. The Morgan fingerprint density at radius 1 is 0.478 bits per heavy atom. The van der Waals surface area contributed by atoms with E-state index in [-0.39, 0.29) is 25.7 Å². The molecule has 0 saturated heterocycles. The molecule has 400 valence electrons. The Morgan fingerprint density at radius 2 is 0.761 bits per heavy atom. The Hall–Kier alpha value is -0.760. The molecule has 8 nitrogen and oxygen atoms in total. The van der Waals surface area contributed by atoms with Crippen LogP contribution < -0.4 is 11.1 Å². The van der Waals surface area contributed by atoms with Crippen LogP contribution in [0.15, 0.2) is 12.2 Å². The second-order valence-electron chi connectivity index (χ2n) is 20.6. The number of nitrogens with two attached hydrogens (primary N) is 1. The van der Waals surface area contributed by atoms with Crippen LogP contribution in [0, 0.1) is 0 Å². The maximum Gasteiger partial charge on any atom is 0.472 e. The van der Waals surface area contributed by atoms with Crippen LogP contribution in [-0.2, 0) is 18.4 Å². The number of unbranched alkanes of at least 4 members (excludes halogenated alkanes) is 45. The van der Waals surface area contributed by atoms with Crippen molar-refractivity contribution in [1.82, 2.24) is 5.32 Å². The van der Waals surface area contributed by atoms with Crippen molar-refractivity contribution >= 4 is 13.7 Å². The molecule has 1 amide bonds. The monoisotopic (exact) mass is 969 g/mol. The van der Waals surface area contributed by atoms with E-state index in [9.17, 15) is 19.4 Å². The number of phosphoric acid groups is 1. The molecule has 3 atom stereocenters. The Kier molecular flexibility index (Phi) is 54.0. The van der Waals surface area contributed by atoms with Gasteiger partial charge in [0, 0.05) is 13.0 Å². The Labute approximate surface area is 417 Å². The van der Waals surface area contributed by atoms with Crippen molar-refractivity contribution in [2.75, 3.05) is 19.8 Å². The molecular weight excluding hydrogens is 852 g/mol. The van der Waals surface area contributed by atoms with E-state index in [1.807, 2.05) is 6.08 Å². The second-order valence-corrected chi connectivity index (χ2v) is 22.0. The van der Waals surface area contributed by atoms with Gasteiger partial charge in [-0.2, -0.15) is 0 Å². The van der Waals surface area contributed by atoms with Crippen LogP contribution in [0.3, 0.4) is 0 Å². The lowest BCUT2D eigenvalue weighted by molar-refractivity contribution is -0.123. The highest BCUT2D eigenvalue weighted by molar-refractivity contribution is 7.47. The van der Waals surface area contributed by atoms with Gasteiger partial charge in [0.2, 0.25) is 5.91 Å². The first-order chi connectivity index (χ1) is 32.9. The minimum Gasteiger partial charge on any atom is -0.387 e. The first kappa shape index (κ1) is 66.2. The van der Waals surface area contributed by atoms with Crippen LogP contribution in [-0.4, -0.2) is 47.8 Å². The Morgan fingerprint density at radius 3 is 1.06 bits per heavy atom. The number of aliphatic hydroxyl groups excluding tert-OH is 1. The molecule has 0 rings (SSSR count). The van der Waals surface area contributed by atoms with E-state index in [1.54, 1.807) is 6.08 Å². The van der Waals surface area contributed by atoms with Crippen molar-refractivity contribution in [2.24, 2.45) is 5.73 Å². The van der Waals surface area contributed by atoms with Crippen LogP contribution in [0.5, 0.6) is 0 Å². The molecule has 0 fully saturated rings. The number of nitrogens with one attached hydrogen (secondary N) is 1. The fraction of sp³-hybridized carbons (Fsp3) is 0.948. The molecule has 0 aliphatic heterocycles. The molecule has 0 aliphatic carbocycles. The van der Waals surface area contributed by atoms with Crippen LogP contribution >= 0.6 is 7.82 Å². The van der Waals surface area contributed by atoms with Crippen molar-refractivity contribution in [3.8, 4) is 0 Å². The lowest BCUT2D eigenvalue weighted by Crippen LogP contribution is -2.45. The van der Waals surface area contributed by atoms with Gasteiger partial charge in [0.1, 0.15) is 0 Å². The molecule has 0 spiro atoms. The summed E-state index contributed by atoms with van der Waals surface area (Å²) in [5.74, 6) is -0.186. The number of phosphoric ester groups is 1. The minimum absolute atomic E-state index is 0.0817. The number of carbonyl (C=O) groups excluding carboxylic acids is 1. The normalized spacial score (nSPS) is 13.7. The largest absolute Gasteiger partial charge is 0.472 e. The highest BCUT2D eigenvalue weighted by Crippen LogP contribution is 2.43. The molecule has 0 bridgehead atoms. The summed E-state index contributed by atoms with van der Waals surface area (Å²) in [4.78, 5) is 22.9. The summed E-state index contributed by atoms with van der Waals surface area (Å²) in [6, 6.07) is -0.856. The molecular formula is C58H117N2O6P. The number of aliphatic hydroxyl groups is 1. The molecule has 0 radical (unpaired) electrons. The number of allylic oxidation sites excluding steroid dienone is 1. The molecule has 67 heavy (non-hydrogen) atoms. The number of carbonyl (C=O) groups is 1. The lowest BCUT2D eigenvalue weighted by Gasteiger charge is -2.23. The predicted octanol–water partition coefficient (Wildman–Crippen LogP) is 18.2. The van der Waals surface area contributed by atoms with E-state index in [1.165, 1.54) is 263 Å². The second kappa shape index (κ2) is 54.6. The topological polar surface area (TPSA) is 131 Å². The Balaban J connectivity index is 3.81. The third-order valence-corrected chi connectivity index (χ3v) is 14.8. The molecule has 0 aromatic heterocycles. The van der Waals surface area contributed by atoms with Gasteiger partial charge in [-0.25, -0.2) is 4.57 Å². The van der Waals surface area contributed by atoms with E-state index in [2.05, 4.69) is 19.2 Å². The average molecular weight is 970 g/mol. The van der Waals surface area contributed by atoms with Crippen molar-refractivity contribution in [3.63, 3.8) is 0 Å². The van der Waals surface area contributed by atoms with Crippen molar-refractivity contribution in [1.29, 1.82) is 0 Å². The van der Waals surface area contributed by atoms with E-state index in [0.717, 1.165) is 38.5 Å². The average Bonchev–Trinajstić information content (AvgIpc) is 3.32. The SMILES string of the molecule is CCCCCCCCCCCCCCC/C=C/[C@@H](O)[C@H](COP(=O)(O)OCCN)NC(=O)CCCCCCCCCCCCCCCCCCCCCCCCCCCCCCCCCCC. The standard InChI is InChI=1S/C58H117N2O6P/c1-3-5-7-9-11-13-15-17-19-20-21-22-23-24-25-26-27-28-29-30-31-32-33-34-35-36-38-40-42-44-46-48-50-52-58(62)60-56(55-66-67(63,64)65-54-53-59)57(61)51-49-47-45-43-41-39-37-18-16-14-12-10-8-6-4-2/h49,51,56-57,61H,3-48,50,52-55,59H2,1-2H3,(H,60,62)(H,63,64)/b51-49+/t56-,57+/m0/s1. The first-order valence-corrected chi connectivity index (χ1v) is 31.3. The number of amides is 1. The zero-order valence-corrected chi connectivity index (χ0v) is 45.8. The van der Waals surface area contributed by atoms with Crippen LogP contribution in [0.4, 0.5) is 0 Å². The number of hydrogen-bond acceptors (Lipinski definition) is 6. The summed E-state index contributed by atoms with van der Waals surface area (Å²) < 4.78 is 22.3. The van der Waals surface area contributed by atoms with Gasteiger partial charge in [0.15, 0.2) is 0 Å². The quantitative estimate of drug-likeness (QED) is 0.0271. The minimum atomic E-state index is -4.34. The maximum absolute atomic E-state index is 12.9. The molecule has 1 unspecified atom stereocenters. The van der Waals surface area contributed by atoms with Crippen LogP contribution in [0.2, 0.25) is 0 Å². The lowest BCUT2D eigenvalue weighted by atomic mass is 10.0. The summed E-state index contributed by atoms with van der Waals surface area (Å²) in [6.07, 6.45) is 66.1. The summed E-state index contributed by atoms with van der Waals surface area (Å²) in [5, 5.41) is 13.8. The summed E-state index contributed by atoms with van der Waals surface area (Å²) in [6.45, 7) is 4.19. The molecule has 0 aliphatic rings. The first-order valence-electron chi connectivity index (χ1n) is 29.8. The van der Waals surface area contributed by atoms with Gasteiger partial charge in [0.05, 0.1) is 25.4 Å². The summed E-state index contributed by atoms with van der Waals surface area (Å²) >= 11 is 0.